The van der Waals surface area contributed by atoms with Crippen LogP contribution in [-0.4, -0.2) is 24.9 Å². The van der Waals surface area contributed by atoms with Crippen molar-refractivity contribution in [3.63, 3.8) is 0 Å². The first kappa shape index (κ1) is 14.0. The van der Waals surface area contributed by atoms with Crippen LogP contribution in [0.5, 0.6) is 0 Å². The van der Waals surface area contributed by atoms with Crippen LogP contribution in [0.2, 0.25) is 0 Å². The van der Waals surface area contributed by atoms with E-state index >= 15 is 0 Å². The zero-order chi connectivity index (χ0) is 13.4. The minimum absolute atomic E-state index is 0.0583. The lowest BCUT2D eigenvalue weighted by Gasteiger charge is -2.07. The number of hydrogen-bond donors (Lipinski definition) is 3. The molecule has 1 rings (SSSR count). The van der Waals surface area contributed by atoms with Crippen LogP contribution in [0.4, 0.5) is 5.69 Å². The van der Waals surface area contributed by atoms with Crippen molar-refractivity contribution >= 4 is 17.5 Å². The molecule has 1 aromatic rings. The van der Waals surface area contributed by atoms with Gasteiger partial charge in [0.1, 0.15) is 0 Å². The molecule has 0 heterocycles. The van der Waals surface area contributed by atoms with Gasteiger partial charge in [0, 0.05) is 25.2 Å². The van der Waals surface area contributed by atoms with E-state index in [1.807, 2.05) is 25.1 Å². The SMILES string of the molecule is CCNC(=O)CCNC(=O)Cc1ccccc1N. The molecule has 0 spiro atoms. The Balaban J connectivity index is 2.30. The number of amides is 2. The Labute approximate surface area is 107 Å². The monoisotopic (exact) mass is 249 g/mol. The van der Waals surface area contributed by atoms with Crippen molar-refractivity contribution in [1.29, 1.82) is 0 Å². The lowest BCUT2D eigenvalue weighted by Crippen LogP contribution is -2.31. The lowest BCUT2D eigenvalue weighted by molar-refractivity contribution is -0.121. The molecule has 0 unspecified atom stereocenters. The van der Waals surface area contributed by atoms with Crippen molar-refractivity contribution in [1.82, 2.24) is 10.6 Å². The van der Waals surface area contributed by atoms with E-state index in [2.05, 4.69) is 10.6 Å². The van der Waals surface area contributed by atoms with Crippen molar-refractivity contribution in [2.24, 2.45) is 0 Å². The summed E-state index contributed by atoms with van der Waals surface area (Å²) in [6.07, 6.45) is 0.534. The molecule has 18 heavy (non-hydrogen) atoms. The molecule has 0 radical (unpaired) electrons. The van der Waals surface area contributed by atoms with Gasteiger partial charge in [0.15, 0.2) is 0 Å². The molecule has 0 saturated carbocycles. The predicted molar refractivity (Wildman–Crippen MR) is 70.9 cm³/mol. The third-order valence-electron chi connectivity index (χ3n) is 2.45. The van der Waals surface area contributed by atoms with Gasteiger partial charge in [-0.1, -0.05) is 18.2 Å². The molecule has 0 aliphatic rings. The summed E-state index contributed by atoms with van der Waals surface area (Å²) in [7, 11) is 0. The maximum atomic E-state index is 11.6. The average molecular weight is 249 g/mol. The van der Waals surface area contributed by atoms with Crippen LogP contribution in [0.1, 0.15) is 18.9 Å². The van der Waals surface area contributed by atoms with Gasteiger partial charge in [-0.2, -0.15) is 0 Å². The fraction of sp³-hybridized carbons (Fsp3) is 0.385. The summed E-state index contributed by atoms with van der Waals surface area (Å²) in [6, 6.07) is 7.25. The van der Waals surface area contributed by atoms with Crippen LogP contribution in [0.3, 0.4) is 0 Å². The first-order valence-corrected chi connectivity index (χ1v) is 6.00. The second-order valence-corrected chi connectivity index (χ2v) is 3.93. The van der Waals surface area contributed by atoms with Crippen LogP contribution in [-0.2, 0) is 16.0 Å². The standard InChI is InChI=1S/C13H19N3O2/c1-2-15-12(17)7-8-16-13(18)9-10-5-3-4-6-11(10)14/h3-6H,2,7-9,14H2,1H3,(H,15,17)(H,16,18). The lowest BCUT2D eigenvalue weighted by atomic mass is 10.1. The molecule has 0 aliphatic carbocycles. The highest BCUT2D eigenvalue weighted by molar-refractivity contribution is 5.81. The topological polar surface area (TPSA) is 84.2 Å². The second-order valence-electron chi connectivity index (χ2n) is 3.93. The Kier molecular flexibility index (Phi) is 5.70. The molecule has 0 aliphatic heterocycles. The highest BCUT2D eigenvalue weighted by Gasteiger charge is 2.06. The minimum Gasteiger partial charge on any atom is -0.398 e. The molecule has 1 aromatic carbocycles. The molecule has 0 aromatic heterocycles. The highest BCUT2D eigenvalue weighted by atomic mass is 16.2. The number of hydrogen-bond acceptors (Lipinski definition) is 3. The highest BCUT2D eigenvalue weighted by Crippen LogP contribution is 2.10. The van der Waals surface area contributed by atoms with Gasteiger partial charge in [0.05, 0.1) is 6.42 Å². The second kappa shape index (κ2) is 7.32. The molecule has 0 bridgehead atoms. The van der Waals surface area contributed by atoms with Crippen molar-refractivity contribution in [3.05, 3.63) is 29.8 Å². The van der Waals surface area contributed by atoms with E-state index in [0.717, 1.165) is 5.56 Å². The molecule has 0 saturated heterocycles. The molecule has 0 atom stereocenters. The van der Waals surface area contributed by atoms with Crippen molar-refractivity contribution in [2.45, 2.75) is 19.8 Å². The van der Waals surface area contributed by atoms with Crippen molar-refractivity contribution in [3.8, 4) is 0 Å². The van der Waals surface area contributed by atoms with E-state index in [1.54, 1.807) is 6.07 Å². The zero-order valence-electron chi connectivity index (χ0n) is 10.5. The molecule has 2 amide bonds. The summed E-state index contributed by atoms with van der Waals surface area (Å²) < 4.78 is 0. The van der Waals surface area contributed by atoms with E-state index in [4.69, 9.17) is 5.73 Å². The molecular weight excluding hydrogens is 230 g/mol. The van der Waals surface area contributed by atoms with Gasteiger partial charge in [-0.3, -0.25) is 9.59 Å². The number of carbonyl (C=O) groups is 2. The molecule has 0 fully saturated rings. The molecule has 98 valence electrons. The smallest absolute Gasteiger partial charge is 0.224 e. The number of nitrogen functional groups attached to an aromatic ring is 1. The minimum atomic E-state index is -0.128. The zero-order valence-corrected chi connectivity index (χ0v) is 10.5. The van der Waals surface area contributed by atoms with E-state index < -0.39 is 0 Å². The number of rotatable bonds is 6. The maximum Gasteiger partial charge on any atom is 0.224 e. The number of para-hydroxylation sites is 1. The van der Waals surface area contributed by atoms with Crippen molar-refractivity contribution in [2.75, 3.05) is 18.8 Å². The van der Waals surface area contributed by atoms with Crippen LogP contribution in [0, 0.1) is 0 Å². The summed E-state index contributed by atoms with van der Waals surface area (Å²) in [4.78, 5) is 22.8. The summed E-state index contributed by atoms with van der Waals surface area (Å²) in [5, 5.41) is 5.36. The summed E-state index contributed by atoms with van der Waals surface area (Å²) in [5.74, 6) is -0.186. The third kappa shape index (κ3) is 4.86. The van der Waals surface area contributed by atoms with E-state index in [1.165, 1.54) is 0 Å². The Morgan fingerprint density at radius 1 is 1.17 bits per heavy atom. The molecular formula is C13H19N3O2. The first-order valence-electron chi connectivity index (χ1n) is 6.00. The number of benzene rings is 1. The largest absolute Gasteiger partial charge is 0.398 e. The van der Waals surface area contributed by atoms with Crippen molar-refractivity contribution < 1.29 is 9.59 Å². The van der Waals surface area contributed by atoms with Crippen LogP contribution in [0.25, 0.3) is 0 Å². The van der Waals surface area contributed by atoms with Crippen LogP contribution in [0.15, 0.2) is 24.3 Å². The molecule has 5 heteroatoms. The van der Waals surface area contributed by atoms with Crippen LogP contribution < -0.4 is 16.4 Å². The summed E-state index contributed by atoms with van der Waals surface area (Å²) in [5.41, 5.74) is 7.15. The fourth-order valence-electron chi connectivity index (χ4n) is 1.53. The average Bonchev–Trinajstić information content (AvgIpc) is 2.32. The van der Waals surface area contributed by atoms with Gasteiger partial charge in [0.25, 0.3) is 0 Å². The van der Waals surface area contributed by atoms with Gasteiger partial charge in [-0.05, 0) is 18.6 Å². The number of carbonyl (C=O) groups excluding carboxylic acids is 2. The number of nitrogens with one attached hydrogen (secondary N) is 2. The summed E-state index contributed by atoms with van der Waals surface area (Å²) >= 11 is 0. The van der Waals surface area contributed by atoms with Gasteiger partial charge >= 0.3 is 0 Å². The van der Waals surface area contributed by atoms with Crippen LogP contribution >= 0.6 is 0 Å². The van der Waals surface area contributed by atoms with E-state index in [9.17, 15) is 9.59 Å². The first-order chi connectivity index (χ1) is 8.63. The molecule has 5 nitrogen and oxygen atoms in total. The van der Waals surface area contributed by atoms with Gasteiger partial charge in [-0.15, -0.1) is 0 Å². The number of nitrogens with two attached hydrogens (primary N) is 1. The quantitative estimate of drug-likeness (QED) is 0.640. The Bertz CT molecular complexity index is 418. The third-order valence-corrected chi connectivity index (χ3v) is 2.45. The fourth-order valence-corrected chi connectivity index (χ4v) is 1.53. The van der Waals surface area contributed by atoms with E-state index in [-0.39, 0.29) is 18.2 Å². The van der Waals surface area contributed by atoms with Gasteiger partial charge in [0.2, 0.25) is 11.8 Å². The summed E-state index contributed by atoms with van der Waals surface area (Å²) in [6.45, 7) is 2.80. The predicted octanol–water partition coefficient (Wildman–Crippen LogP) is 0.454. The normalized spacial score (nSPS) is 9.83. The number of anilines is 1. The van der Waals surface area contributed by atoms with Gasteiger partial charge in [-0.25, -0.2) is 0 Å². The molecule has 4 N–H and O–H groups in total. The Morgan fingerprint density at radius 3 is 2.56 bits per heavy atom. The maximum absolute atomic E-state index is 11.6. The Morgan fingerprint density at radius 2 is 1.89 bits per heavy atom. The van der Waals surface area contributed by atoms with E-state index in [0.29, 0.717) is 25.2 Å². The Hall–Kier alpha value is -2.04. The van der Waals surface area contributed by atoms with Gasteiger partial charge < -0.3 is 16.4 Å².